The molecule has 0 bridgehead atoms. The van der Waals surface area contributed by atoms with Gasteiger partial charge in [0.2, 0.25) is 0 Å². The molecular weight excluding hydrogens is 250 g/mol. The number of hydrogen-bond acceptors (Lipinski definition) is 4. The predicted octanol–water partition coefficient (Wildman–Crippen LogP) is 3.00. The molecule has 2 rings (SSSR count). The lowest BCUT2D eigenvalue weighted by Gasteiger charge is -2.30. The van der Waals surface area contributed by atoms with Gasteiger partial charge in [0.25, 0.3) is 0 Å². The molecule has 0 aliphatic heterocycles. The van der Waals surface area contributed by atoms with Crippen LogP contribution < -0.4 is 16.4 Å². The normalized spacial score (nSPS) is 22.4. The summed E-state index contributed by atoms with van der Waals surface area (Å²) in [5.74, 6) is 0.0851. The number of nitrogens with two attached hydrogens (primary N) is 1. The number of ketones is 1. The minimum absolute atomic E-state index is 0.0851. The Labute approximate surface area is 121 Å². The van der Waals surface area contributed by atoms with Gasteiger partial charge in [-0.25, -0.2) is 0 Å². The quantitative estimate of drug-likeness (QED) is 0.723. The van der Waals surface area contributed by atoms with Crippen LogP contribution >= 0.6 is 0 Å². The van der Waals surface area contributed by atoms with Crippen molar-refractivity contribution in [3.8, 4) is 0 Å². The summed E-state index contributed by atoms with van der Waals surface area (Å²) in [4.78, 5) is 11.6. The highest BCUT2D eigenvalue weighted by atomic mass is 16.1. The maximum Gasteiger partial charge on any atom is 0.161 e. The number of carbonyl (C=O) groups excluding carboxylic acids is 1. The first-order chi connectivity index (χ1) is 9.61. The molecule has 1 fully saturated rings. The van der Waals surface area contributed by atoms with E-state index in [1.807, 2.05) is 25.1 Å². The van der Waals surface area contributed by atoms with Crippen LogP contribution in [0.3, 0.4) is 0 Å². The molecule has 2 atom stereocenters. The first-order valence-corrected chi connectivity index (χ1v) is 7.52. The summed E-state index contributed by atoms with van der Waals surface area (Å²) in [5.41, 5.74) is 8.84. The molecule has 110 valence electrons. The van der Waals surface area contributed by atoms with Gasteiger partial charge < -0.3 is 16.4 Å². The van der Waals surface area contributed by atoms with Crippen molar-refractivity contribution in [3.63, 3.8) is 0 Å². The zero-order valence-corrected chi connectivity index (χ0v) is 12.4. The van der Waals surface area contributed by atoms with E-state index in [9.17, 15) is 4.79 Å². The molecule has 20 heavy (non-hydrogen) atoms. The highest BCUT2D eigenvalue weighted by Gasteiger charge is 2.21. The zero-order valence-electron chi connectivity index (χ0n) is 12.4. The van der Waals surface area contributed by atoms with Gasteiger partial charge in [0.1, 0.15) is 0 Å². The van der Waals surface area contributed by atoms with E-state index in [1.165, 1.54) is 12.8 Å². The van der Waals surface area contributed by atoms with E-state index in [-0.39, 0.29) is 11.8 Å². The zero-order chi connectivity index (χ0) is 14.5. The molecule has 0 aromatic heterocycles. The lowest BCUT2D eigenvalue weighted by atomic mass is 9.91. The van der Waals surface area contributed by atoms with E-state index < -0.39 is 0 Å². The monoisotopic (exact) mass is 275 g/mol. The maximum atomic E-state index is 11.6. The van der Waals surface area contributed by atoms with Crippen LogP contribution in [0, 0.1) is 0 Å². The standard InChI is InChI=1S/C16H25N3O/c1-3-18-16-10-12(8-9-13(16)11(2)20)19-15-7-5-4-6-14(15)17/h8-10,14-15,18-19H,3-7,17H2,1-2H3/t14-,15+/m0/s1. The second-order valence-electron chi connectivity index (χ2n) is 5.55. The van der Waals surface area contributed by atoms with Crippen molar-refractivity contribution in [1.29, 1.82) is 0 Å². The van der Waals surface area contributed by atoms with Gasteiger partial charge in [-0.3, -0.25) is 4.79 Å². The maximum absolute atomic E-state index is 11.6. The molecule has 4 nitrogen and oxygen atoms in total. The lowest BCUT2D eigenvalue weighted by Crippen LogP contribution is -2.42. The average molecular weight is 275 g/mol. The summed E-state index contributed by atoms with van der Waals surface area (Å²) < 4.78 is 0. The largest absolute Gasteiger partial charge is 0.385 e. The third-order valence-corrected chi connectivity index (χ3v) is 3.94. The van der Waals surface area contributed by atoms with E-state index in [1.54, 1.807) is 6.92 Å². The summed E-state index contributed by atoms with van der Waals surface area (Å²) in [7, 11) is 0. The number of Topliss-reactive ketones (excluding diaryl/α,β-unsaturated/α-hetero) is 1. The molecule has 0 radical (unpaired) electrons. The van der Waals surface area contributed by atoms with Crippen LogP contribution in [-0.4, -0.2) is 24.4 Å². The van der Waals surface area contributed by atoms with Gasteiger partial charge >= 0.3 is 0 Å². The molecule has 0 heterocycles. The Morgan fingerprint density at radius 1 is 1.35 bits per heavy atom. The van der Waals surface area contributed by atoms with Gasteiger partial charge in [0.05, 0.1) is 0 Å². The fourth-order valence-electron chi connectivity index (χ4n) is 2.83. The van der Waals surface area contributed by atoms with Gasteiger partial charge in [-0.2, -0.15) is 0 Å². The Morgan fingerprint density at radius 2 is 2.10 bits per heavy atom. The summed E-state index contributed by atoms with van der Waals surface area (Å²) in [6.07, 6.45) is 4.66. The van der Waals surface area contributed by atoms with Crippen LogP contribution in [0.25, 0.3) is 0 Å². The highest BCUT2D eigenvalue weighted by molar-refractivity contribution is 6.00. The number of nitrogens with one attached hydrogen (secondary N) is 2. The summed E-state index contributed by atoms with van der Waals surface area (Å²) in [6.45, 7) is 4.42. The number of anilines is 2. The SMILES string of the molecule is CCNc1cc(N[C@@H]2CCCC[C@@H]2N)ccc1C(C)=O. The van der Waals surface area contributed by atoms with E-state index in [0.29, 0.717) is 6.04 Å². The van der Waals surface area contributed by atoms with Gasteiger partial charge in [-0.15, -0.1) is 0 Å². The minimum atomic E-state index is 0.0851. The smallest absolute Gasteiger partial charge is 0.161 e. The van der Waals surface area contributed by atoms with Crippen molar-refractivity contribution in [2.45, 2.75) is 51.6 Å². The molecule has 4 N–H and O–H groups in total. The molecule has 1 aliphatic carbocycles. The highest BCUT2D eigenvalue weighted by Crippen LogP contribution is 2.25. The Kier molecular flexibility index (Phi) is 5.01. The molecule has 4 heteroatoms. The Bertz CT molecular complexity index is 473. The summed E-state index contributed by atoms with van der Waals surface area (Å²) in [6, 6.07) is 6.43. The van der Waals surface area contributed by atoms with Gasteiger partial charge in [-0.1, -0.05) is 12.8 Å². The van der Waals surface area contributed by atoms with Crippen molar-refractivity contribution >= 4 is 17.2 Å². The van der Waals surface area contributed by atoms with Gasteiger partial charge in [0, 0.05) is 35.6 Å². The molecule has 0 unspecified atom stereocenters. The van der Waals surface area contributed by atoms with Crippen molar-refractivity contribution in [1.82, 2.24) is 0 Å². The molecule has 0 amide bonds. The number of benzene rings is 1. The van der Waals surface area contributed by atoms with E-state index in [0.717, 1.165) is 36.3 Å². The number of rotatable bonds is 5. The van der Waals surface area contributed by atoms with Crippen molar-refractivity contribution in [3.05, 3.63) is 23.8 Å². The molecule has 1 aromatic carbocycles. The number of carbonyl (C=O) groups is 1. The first-order valence-electron chi connectivity index (χ1n) is 7.52. The van der Waals surface area contributed by atoms with Gasteiger partial charge in [0.15, 0.2) is 5.78 Å². The Balaban J connectivity index is 2.15. The van der Waals surface area contributed by atoms with Crippen LogP contribution in [0.1, 0.15) is 49.9 Å². The topological polar surface area (TPSA) is 67.2 Å². The van der Waals surface area contributed by atoms with E-state index >= 15 is 0 Å². The summed E-state index contributed by atoms with van der Waals surface area (Å²) >= 11 is 0. The number of hydrogen-bond donors (Lipinski definition) is 3. The fraction of sp³-hybridized carbons (Fsp3) is 0.562. The predicted molar refractivity (Wildman–Crippen MR) is 84.5 cm³/mol. The Hall–Kier alpha value is -1.55. The Morgan fingerprint density at radius 3 is 2.75 bits per heavy atom. The molecule has 1 aliphatic rings. The third-order valence-electron chi connectivity index (χ3n) is 3.94. The fourth-order valence-corrected chi connectivity index (χ4v) is 2.83. The van der Waals surface area contributed by atoms with Crippen molar-refractivity contribution in [2.24, 2.45) is 5.73 Å². The van der Waals surface area contributed by atoms with Crippen molar-refractivity contribution in [2.75, 3.05) is 17.2 Å². The average Bonchev–Trinajstić information content (AvgIpc) is 2.42. The molecule has 1 aromatic rings. The molecule has 0 spiro atoms. The van der Waals surface area contributed by atoms with Crippen LogP contribution in [-0.2, 0) is 0 Å². The van der Waals surface area contributed by atoms with Crippen LogP contribution in [0.4, 0.5) is 11.4 Å². The van der Waals surface area contributed by atoms with Crippen molar-refractivity contribution < 1.29 is 4.79 Å². The summed E-state index contributed by atoms with van der Waals surface area (Å²) in [5, 5.41) is 6.77. The molecule has 0 saturated heterocycles. The second kappa shape index (κ2) is 6.75. The van der Waals surface area contributed by atoms with Crippen LogP contribution in [0.5, 0.6) is 0 Å². The van der Waals surface area contributed by atoms with Crippen LogP contribution in [0.15, 0.2) is 18.2 Å². The van der Waals surface area contributed by atoms with Gasteiger partial charge in [-0.05, 0) is 44.9 Å². The van der Waals surface area contributed by atoms with E-state index in [4.69, 9.17) is 5.73 Å². The first kappa shape index (κ1) is 14.9. The molecular formula is C16H25N3O. The minimum Gasteiger partial charge on any atom is -0.385 e. The lowest BCUT2D eigenvalue weighted by molar-refractivity contribution is 0.101. The second-order valence-corrected chi connectivity index (χ2v) is 5.55. The van der Waals surface area contributed by atoms with E-state index in [2.05, 4.69) is 10.6 Å². The van der Waals surface area contributed by atoms with Crippen LogP contribution in [0.2, 0.25) is 0 Å². The third kappa shape index (κ3) is 3.51. The molecule has 1 saturated carbocycles.